The van der Waals surface area contributed by atoms with E-state index in [1.165, 1.54) is 18.3 Å². The topological polar surface area (TPSA) is 114 Å². The van der Waals surface area contributed by atoms with E-state index in [1.807, 2.05) is 0 Å². The molecule has 0 aliphatic heterocycles. The highest BCUT2D eigenvalue weighted by atomic mass is 32.2. The summed E-state index contributed by atoms with van der Waals surface area (Å²) >= 11 is 0. The van der Waals surface area contributed by atoms with E-state index in [0.717, 1.165) is 0 Å². The Bertz CT molecular complexity index is 530. The first-order chi connectivity index (χ1) is 8.35. The Kier molecular flexibility index (Phi) is 4.62. The van der Waals surface area contributed by atoms with Crippen LogP contribution in [0.2, 0.25) is 0 Å². The van der Waals surface area contributed by atoms with Gasteiger partial charge in [0.1, 0.15) is 5.82 Å². The molecule has 1 unspecified atom stereocenters. The minimum absolute atomic E-state index is 0.0524. The number of pyridine rings is 1. The van der Waals surface area contributed by atoms with Crippen molar-refractivity contribution in [1.29, 1.82) is 0 Å². The molecule has 0 radical (unpaired) electrons. The molecule has 18 heavy (non-hydrogen) atoms. The second kappa shape index (κ2) is 5.78. The second-order valence-corrected chi connectivity index (χ2v) is 5.53. The van der Waals surface area contributed by atoms with Crippen molar-refractivity contribution in [3.63, 3.8) is 0 Å². The van der Waals surface area contributed by atoms with Crippen molar-refractivity contribution in [2.24, 2.45) is 5.73 Å². The first-order valence-corrected chi connectivity index (χ1v) is 6.78. The number of nitrogens with zero attached hydrogens (tertiary/aromatic N) is 1. The molecule has 0 aliphatic carbocycles. The number of aromatic nitrogens is 1. The normalized spacial score (nSPS) is 13.0. The van der Waals surface area contributed by atoms with Crippen molar-refractivity contribution in [2.75, 3.05) is 12.4 Å². The van der Waals surface area contributed by atoms with Gasteiger partial charge in [0.2, 0.25) is 15.9 Å². The summed E-state index contributed by atoms with van der Waals surface area (Å²) in [6.45, 7) is 1.57. The summed E-state index contributed by atoms with van der Waals surface area (Å²) in [6, 6.07) is 2.22. The van der Waals surface area contributed by atoms with Gasteiger partial charge in [-0.25, -0.2) is 18.1 Å². The fraction of sp³-hybridized carbons (Fsp3) is 0.400. The summed E-state index contributed by atoms with van der Waals surface area (Å²) in [6.07, 6.45) is 1.34. The van der Waals surface area contributed by atoms with Crippen LogP contribution in [-0.4, -0.2) is 32.4 Å². The summed E-state index contributed by atoms with van der Waals surface area (Å²) in [5.41, 5.74) is 5.00. The van der Waals surface area contributed by atoms with E-state index in [4.69, 9.17) is 5.73 Å². The van der Waals surface area contributed by atoms with E-state index < -0.39 is 22.0 Å². The molecule has 7 nitrogen and oxygen atoms in total. The van der Waals surface area contributed by atoms with Crippen molar-refractivity contribution >= 4 is 21.7 Å². The van der Waals surface area contributed by atoms with Gasteiger partial charge in [-0.05, 0) is 13.0 Å². The molecule has 0 aliphatic rings. The lowest BCUT2D eigenvalue weighted by Crippen LogP contribution is -2.35. The average Bonchev–Trinajstić information content (AvgIpc) is 2.27. The summed E-state index contributed by atoms with van der Waals surface area (Å²) in [4.78, 5) is 14.7. The van der Waals surface area contributed by atoms with Crippen LogP contribution >= 0.6 is 0 Å². The number of nitrogens with two attached hydrogens (primary N) is 1. The number of anilines is 1. The maximum atomic E-state index is 12.0. The van der Waals surface area contributed by atoms with Crippen LogP contribution in [0, 0.1) is 0 Å². The number of carbonyl (C=O) groups excluding carboxylic acids is 1. The number of sulfonamides is 1. The first kappa shape index (κ1) is 14.4. The molecule has 0 fully saturated rings. The zero-order chi connectivity index (χ0) is 13.8. The van der Waals surface area contributed by atoms with Gasteiger partial charge >= 0.3 is 0 Å². The summed E-state index contributed by atoms with van der Waals surface area (Å²) in [7, 11) is -2.03. The number of carbonyl (C=O) groups is 1. The van der Waals surface area contributed by atoms with Crippen LogP contribution in [0.15, 0.2) is 23.2 Å². The maximum Gasteiger partial charge on any atom is 0.241 e. The summed E-state index contributed by atoms with van der Waals surface area (Å²) in [5, 5.41) is 2.75. The van der Waals surface area contributed by atoms with Crippen molar-refractivity contribution < 1.29 is 13.2 Å². The van der Waals surface area contributed by atoms with Crippen LogP contribution in [0.5, 0.6) is 0 Å². The number of hydrogen-bond acceptors (Lipinski definition) is 5. The molecule has 8 heteroatoms. The molecule has 1 atom stereocenters. The van der Waals surface area contributed by atoms with Crippen LogP contribution < -0.4 is 15.8 Å². The zero-order valence-electron chi connectivity index (χ0n) is 10.2. The molecule has 1 amide bonds. The van der Waals surface area contributed by atoms with E-state index in [-0.39, 0.29) is 11.3 Å². The number of rotatable bonds is 6. The van der Waals surface area contributed by atoms with Gasteiger partial charge in [-0.2, -0.15) is 0 Å². The molecule has 1 aromatic heterocycles. The Morgan fingerprint density at radius 2 is 2.22 bits per heavy atom. The van der Waals surface area contributed by atoms with Crippen molar-refractivity contribution in [3.8, 4) is 0 Å². The molecule has 100 valence electrons. The predicted octanol–water partition coefficient (Wildman–Crippen LogP) is -0.334. The Morgan fingerprint density at radius 3 is 2.78 bits per heavy atom. The van der Waals surface area contributed by atoms with Crippen molar-refractivity contribution in [2.45, 2.75) is 24.3 Å². The van der Waals surface area contributed by atoms with Gasteiger partial charge in [-0.15, -0.1) is 0 Å². The predicted molar refractivity (Wildman–Crippen MR) is 67.4 cm³/mol. The Labute approximate surface area is 106 Å². The molecular formula is C10H16N4O3S. The number of primary amides is 1. The van der Waals surface area contributed by atoms with Crippen LogP contribution in [0.1, 0.15) is 13.3 Å². The number of hydrogen-bond donors (Lipinski definition) is 3. The first-order valence-electron chi connectivity index (χ1n) is 5.29. The minimum atomic E-state index is -3.68. The van der Waals surface area contributed by atoms with Crippen molar-refractivity contribution in [3.05, 3.63) is 18.3 Å². The van der Waals surface area contributed by atoms with Crippen molar-refractivity contribution in [1.82, 2.24) is 9.71 Å². The third kappa shape index (κ3) is 3.97. The standard InChI is InChI=1S/C10H16N4O3S/c1-7(5-9(11)15)14-18(16,17)8-3-4-13-10(6-8)12-2/h3-4,6-7,14H,5H2,1-2H3,(H2,11,15)(H,12,13). The Morgan fingerprint density at radius 1 is 1.56 bits per heavy atom. The minimum Gasteiger partial charge on any atom is -0.373 e. The lowest BCUT2D eigenvalue weighted by Gasteiger charge is -2.12. The molecule has 0 bridgehead atoms. The Balaban J connectivity index is 2.88. The molecule has 4 N–H and O–H groups in total. The fourth-order valence-corrected chi connectivity index (χ4v) is 2.65. The van der Waals surface area contributed by atoms with E-state index in [1.54, 1.807) is 14.0 Å². The third-order valence-corrected chi connectivity index (χ3v) is 3.75. The van der Waals surface area contributed by atoms with E-state index in [2.05, 4.69) is 15.0 Å². The number of amides is 1. The molecule has 1 rings (SSSR count). The van der Waals surface area contributed by atoms with Crippen LogP contribution in [0.4, 0.5) is 5.82 Å². The molecule has 0 saturated carbocycles. The Hall–Kier alpha value is -1.67. The van der Waals surface area contributed by atoms with Gasteiger partial charge in [0, 0.05) is 31.8 Å². The highest BCUT2D eigenvalue weighted by molar-refractivity contribution is 7.89. The molecule has 0 saturated heterocycles. The van der Waals surface area contributed by atoms with Crippen LogP contribution in [0.25, 0.3) is 0 Å². The van der Waals surface area contributed by atoms with E-state index >= 15 is 0 Å². The van der Waals surface area contributed by atoms with Gasteiger partial charge in [0.25, 0.3) is 0 Å². The lowest BCUT2D eigenvalue weighted by molar-refractivity contribution is -0.118. The van der Waals surface area contributed by atoms with Crippen LogP contribution in [-0.2, 0) is 14.8 Å². The maximum absolute atomic E-state index is 12.0. The smallest absolute Gasteiger partial charge is 0.241 e. The highest BCUT2D eigenvalue weighted by Gasteiger charge is 2.18. The number of nitrogens with one attached hydrogen (secondary N) is 2. The SMILES string of the molecule is CNc1cc(S(=O)(=O)NC(C)CC(N)=O)ccn1. The van der Waals surface area contributed by atoms with Gasteiger partial charge in [-0.1, -0.05) is 0 Å². The quantitative estimate of drug-likeness (QED) is 0.656. The largest absolute Gasteiger partial charge is 0.373 e. The van der Waals surface area contributed by atoms with Gasteiger partial charge < -0.3 is 11.1 Å². The molecular weight excluding hydrogens is 256 g/mol. The fourth-order valence-electron chi connectivity index (χ4n) is 1.39. The van der Waals surface area contributed by atoms with Crippen LogP contribution in [0.3, 0.4) is 0 Å². The average molecular weight is 272 g/mol. The summed E-state index contributed by atoms with van der Waals surface area (Å²) < 4.78 is 26.3. The third-order valence-electron chi connectivity index (χ3n) is 2.16. The lowest BCUT2D eigenvalue weighted by atomic mass is 10.2. The monoisotopic (exact) mass is 272 g/mol. The molecule has 1 heterocycles. The summed E-state index contributed by atoms with van der Waals surface area (Å²) in [5.74, 6) is -0.115. The zero-order valence-corrected chi connectivity index (χ0v) is 11.0. The van der Waals surface area contributed by atoms with Gasteiger partial charge in [0.05, 0.1) is 4.90 Å². The molecule has 0 aromatic carbocycles. The van der Waals surface area contributed by atoms with E-state index in [9.17, 15) is 13.2 Å². The molecule has 1 aromatic rings. The van der Waals surface area contributed by atoms with Gasteiger partial charge in [0.15, 0.2) is 0 Å². The van der Waals surface area contributed by atoms with E-state index in [0.29, 0.717) is 5.82 Å². The molecule has 0 spiro atoms. The second-order valence-electron chi connectivity index (χ2n) is 3.82. The highest BCUT2D eigenvalue weighted by Crippen LogP contribution is 2.12. The van der Waals surface area contributed by atoms with Gasteiger partial charge in [-0.3, -0.25) is 4.79 Å².